The van der Waals surface area contributed by atoms with Crippen molar-refractivity contribution in [1.29, 1.82) is 0 Å². The van der Waals surface area contributed by atoms with E-state index >= 15 is 0 Å². The molecule has 0 aliphatic carbocycles. The summed E-state index contributed by atoms with van der Waals surface area (Å²) < 4.78 is 70.2. The molecule has 2 amide bonds. The first-order valence-electron chi connectivity index (χ1n) is 8.34. The highest BCUT2D eigenvalue weighted by molar-refractivity contribution is 5.90. The van der Waals surface area contributed by atoms with Gasteiger partial charge in [0.25, 0.3) is 0 Å². The largest absolute Gasteiger partial charge is 0.446 e. The van der Waals surface area contributed by atoms with Gasteiger partial charge >= 0.3 is 6.09 Å². The molecule has 2 aliphatic rings. The van der Waals surface area contributed by atoms with Gasteiger partial charge in [-0.05, 0) is 12.1 Å². The van der Waals surface area contributed by atoms with Gasteiger partial charge < -0.3 is 19.5 Å². The zero-order valence-electron chi connectivity index (χ0n) is 14.7. The summed E-state index contributed by atoms with van der Waals surface area (Å²) in [4.78, 5) is 24.3. The van der Waals surface area contributed by atoms with Gasteiger partial charge in [-0.3, -0.25) is 9.69 Å². The van der Waals surface area contributed by atoms with Crippen molar-refractivity contribution in [2.75, 3.05) is 18.0 Å². The van der Waals surface area contributed by atoms with Crippen LogP contribution in [0.3, 0.4) is 0 Å². The third kappa shape index (κ3) is 3.18. The van der Waals surface area contributed by atoms with Gasteiger partial charge in [-0.25, -0.2) is 13.6 Å². The summed E-state index contributed by atoms with van der Waals surface area (Å²) in [6.07, 6.45) is -1.29. The molecular formula is C18H12F4N2O5. The number of ether oxygens (including phenoxy) is 3. The second-order valence-electron chi connectivity index (χ2n) is 6.30. The smallest absolute Gasteiger partial charge is 0.414 e. The van der Waals surface area contributed by atoms with E-state index in [-0.39, 0.29) is 36.2 Å². The molecule has 2 aromatic carbocycles. The number of anilines is 1. The fourth-order valence-corrected chi connectivity index (χ4v) is 2.92. The lowest BCUT2D eigenvalue weighted by Gasteiger charge is -2.23. The minimum absolute atomic E-state index is 0.0899. The fraction of sp³-hybridized carbons (Fsp3) is 0.222. The molecule has 1 fully saturated rings. The number of nitrogens with one attached hydrogen (secondary N) is 1. The molecule has 1 atom stereocenters. The number of amides is 2. The van der Waals surface area contributed by atoms with Gasteiger partial charge in [-0.2, -0.15) is 8.78 Å². The Hall–Kier alpha value is -3.50. The van der Waals surface area contributed by atoms with E-state index < -0.39 is 47.0 Å². The SMILES string of the molecule is CC(=O)NC[C@H]1CN(c2ccc3c(c2)Oc2c(F)c(F)c(F)c(F)c2O3)C(=O)O1. The van der Waals surface area contributed by atoms with Crippen LogP contribution in [0.4, 0.5) is 28.0 Å². The third-order valence-corrected chi connectivity index (χ3v) is 4.30. The van der Waals surface area contributed by atoms with Crippen LogP contribution in [0.15, 0.2) is 18.2 Å². The summed E-state index contributed by atoms with van der Waals surface area (Å²) in [7, 11) is 0. The molecular weight excluding hydrogens is 400 g/mol. The standard InChI is InChI=1S/C18H12F4N2O5/c1-7(25)23-5-9-6-24(18(26)27-9)8-2-3-10-11(4-8)29-17-15(22)13(20)12(19)14(21)16(17)28-10/h2-4,9H,5-6H2,1H3,(H,23,25)/t9-/m0/s1. The highest BCUT2D eigenvalue weighted by Gasteiger charge is 2.35. The van der Waals surface area contributed by atoms with E-state index in [1.807, 2.05) is 0 Å². The normalized spacial score (nSPS) is 17.1. The molecule has 1 saturated heterocycles. The van der Waals surface area contributed by atoms with E-state index in [1.165, 1.54) is 30.0 Å². The minimum Gasteiger partial charge on any atom is -0.446 e. The summed E-state index contributed by atoms with van der Waals surface area (Å²) >= 11 is 0. The summed E-state index contributed by atoms with van der Waals surface area (Å²) in [5.74, 6) is -9.90. The van der Waals surface area contributed by atoms with Crippen molar-refractivity contribution in [3.8, 4) is 23.0 Å². The molecule has 11 heteroatoms. The van der Waals surface area contributed by atoms with Gasteiger partial charge in [-0.1, -0.05) is 0 Å². The highest BCUT2D eigenvalue weighted by Crippen LogP contribution is 2.50. The van der Waals surface area contributed by atoms with E-state index in [0.717, 1.165) is 0 Å². The minimum atomic E-state index is -2.03. The number of halogens is 4. The first-order valence-corrected chi connectivity index (χ1v) is 8.34. The Morgan fingerprint density at radius 1 is 1.07 bits per heavy atom. The quantitative estimate of drug-likeness (QED) is 0.404. The fourth-order valence-electron chi connectivity index (χ4n) is 2.92. The molecule has 0 bridgehead atoms. The van der Waals surface area contributed by atoms with Gasteiger partial charge in [0.15, 0.2) is 11.5 Å². The molecule has 2 aliphatic heterocycles. The van der Waals surface area contributed by atoms with Crippen molar-refractivity contribution in [2.45, 2.75) is 13.0 Å². The average Bonchev–Trinajstić information content (AvgIpc) is 3.08. The molecule has 2 aromatic rings. The average molecular weight is 412 g/mol. The Morgan fingerprint density at radius 2 is 1.69 bits per heavy atom. The van der Waals surface area contributed by atoms with Crippen molar-refractivity contribution >= 4 is 17.7 Å². The number of hydrogen-bond donors (Lipinski definition) is 1. The second-order valence-corrected chi connectivity index (χ2v) is 6.30. The predicted octanol–water partition coefficient (Wildman–Crippen LogP) is 3.60. The molecule has 4 rings (SSSR count). The van der Waals surface area contributed by atoms with Crippen LogP contribution in [0.2, 0.25) is 0 Å². The van der Waals surface area contributed by atoms with Gasteiger partial charge in [0.2, 0.25) is 40.7 Å². The molecule has 0 saturated carbocycles. The highest BCUT2D eigenvalue weighted by atomic mass is 19.2. The number of fused-ring (bicyclic) bond motifs is 2. The molecule has 0 radical (unpaired) electrons. The molecule has 152 valence electrons. The van der Waals surface area contributed by atoms with Crippen molar-refractivity contribution in [3.63, 3.8) is 0 Å². The van der Waals surface area contributed by atoms with Crippen LogP contribution >= 0.6 is 0 Å². The maximum absolute atomic E-state index is 14.0. The first-order chi connectivity index (χ1) is 13.8. The van der Waals surface area contributed by atoms with Gasteiger partial charge in [0.05, 0.1) is 18.8 Å². The predicted molar refractivity (Wildman–Crippen MR) is 89.2 cm³/mol. The van der Waals surface area contributed by atoms with Crippen LogP contribution in [-0.2, 0) is 9.53 Å². The number of nitrogens with zero attached hydrogens (tertiary/aromatic N) is 1. The summed E-state index contributed by atoms with van der Waals surface area (Å²) in [6, 6.07) is 3.99. The number of benzene rings is 2. The molecule has 7 nitrogen and oxygen atoms in total. The Bertz CT molecular complexity index is 1050. The number of carbonyl (C=O) groups excluding carboxylic acids is 2. The number of carbonyl (C=O) groups is 2. The van der Waals surface area contributed by atoms with Gasteiger partial charge in [0, 0.05) is 13.0 Å². The van der Waals surface area contributed by atoms with Crippen molar-refractivity contribution in [3.05, 3.63) is 41.5 Å². The van der Waals surface area contributed by atoms with E-state index in [0.29, 0.717) is 0 Å². The summed E-state index contributed by atoms with van der Waals surface area (Å²) in [6.45, 7) is 1.55. The van der Waals surface area contributed by atoms with E-state index in [2.05, 4.69) is 5.32 Å². The topological polar surface area (TPSA) is 77.1 Å². The number of cyclic esters (lactones) is 1. The zero-order chi connectivity index (χ0) is 20.9. The lowest BCUT2D eigenvalue weighted by atomic mass is 10.2. The molecule has 2 heterocycles. The molecule has 0 aromatic heterocycles. The zero-order valence-corrected chi connectivity index (χ0v) is 14.7. The molecule has 0 spiro atoms. The van der Waals surface area contributed by atoms with Crippen molar-refractivity contribution < 1.29 is 41.4 Å². The number of rotatable bonds is 3. The van der Waals surface area contributed by atoms with E-state index in [4.69, 9.17) is 14.2 Å². The van der Waals surface area contributed by atoms with Gasteiger partial charge in [-0.15, -0.1) is 0 Å². The van der Waals surface area contributed by atoms with Crippen LogP contribution in [0, 0.1) is 23.3 Å². The Morgan fingerprint density at radius 3 is 2.31 bits per heavy atom. The number of hydrogen-bond acceptors (Lipinski definition) is 5. The summed E-state index contributed by atoms with van der Waals surface area (Å²) in [5, 5.41) is 2.53. The molecule has 1 N–H and O–H groups in total. The lowest BCUT2D eigenvalue weighted by molar-refractivity contribution is -0.119. The van der Waals surface area contributed by atoms with E-state index in [9.17, 15) is 27.2 Å². The lowest BCUT2D eigenvalue weighted by Crippen LogP contribution is -2.33. The molecule has 0 unspecified atom stereocenters. The van der Waals surface area contributed by atoms with E-state index in [1.54, 1.807) is 0 Å². The summed E-state index contributed by atoms with van der Waals surface area (Å²) in [5.41, 5.74) is 0.273. The van der Waals surface area contributed by atoms with Crippen molar-refractivity contribution in [2.24, 2.45) is 0 Å². The Labute approximate surface area is 160 Å². The molecule has 29 heavy (non-hydrogen) atoms. The van der Waals surface area contributed by atoms with Crippen LogP contribution in [-0.4, -0.2) is 31.2 Å². The monoisotopic (exact) mass is 412 g/mol. The van der Waals surface area contributed by atoms with Gasteiger partial charge in [0.1, 0.15) is 6.10 Å². The van der Waals surface area contributed by atoms with Crippen molar-refractivity contribution in [1.82, 2.24) is 5.32 Å². The maximum Gasteiger partial charge on any atom is 0.414 e. The third-order valence-electron chi connectivity index (χ3n) is 4.30. The van der Waals surface area contributed by atoms with Crippen LogP contribution in [0.25, 0.3) is 0 Å². The Kier molecular flexibility index (Phi) is 4.44. The van der Waals surface area contributed by atoms with Crippen LogP contribution in [0.5, 0.6) is 23.0 Å². The first kappa shape index (κ1) is 18.8. The Balaban J connectivity index is 1.61. The van der Waals surface area contributed by atoms with Crippen LogP contribution in [0.1, 0.15) is 6.92 Å². The second kappa shape index (κ2) is 6.83. The maximum atomic E-state index is 14.0. The van der Waals surface area contributed by atoms with Crippen LogP contribution < -0.4 is 19.7 Å².